The van der Waals surface area contributed by atoms with Gasteiger partial charge in [-0.25, -0.2) is 9.37 Å². The van der Waals surface area contributed by atoms with Crippen LogP contribution in [0.4, 0.5) is 10.2 Å². The summed E-state index contributed by atoms with van der Waals surface area (Å²) in [5.41, 5.74) is -0.508. The lowest BCUT2D eigenvalue weighted by Crippen LogP contribution is -2.41. The molecular weight excluding hydrogens is 282 g/mol. The van der Waals surface area contributed by atoms with Crippen molar-refractivity contribution >= 4 is 18.4 Å². The highest BCUT2D eigenvalue weighted by atomic mass is 19.1. The lowest BCUT2D eigenvalue weighted by Gasteiger charge is -2.33. The standard InChI is InChI=1S/C16H26BFN2O2/c1-14(2,3)20(8)13-12(18)9-11(10-19-13)17-21-15(4,5)16(6,7)22-17/h9-10H,1-8H3. The Hall–Kier alpha value is -1.14. The van der Waals surface area contributed by atoms with Crippen LogP contribution >= 0.6 is 0 Å². The molecule has 0 N–H and O–H groups in total. The van der Waals surface area contributed by atoms with Crippen LogP contribution in [0.5, 0.6) is 0 Å². The maximum atomic E-state index is 14.5. The van der Waals surface area contributed by atoms with Crippen LogP contribution in [-0.4, -0.2) is 35.9 Å². The topological polar surface area (TPSA) is 34.6 Å². The zero-order chi connectivity index (χ0) is 16.9. The van der Waals surface area contributed by atoms with Gasteiger partial charge in [-0.2, -0.15) is 0 Å². The summed E-state index contributed by atoms with van der Waals surface area (Å²) >= 11 is 0. The smallest absolute Gasteiger partial charge is 0.399 e. The fraction of sp³-hybridized carbons (Fsp3) is 0.688. The number of rotatable bonds is 2. The van der Waals surface area contributed by atoms with Crippen LogP contribution in [-0.2, 0) is 9.31 Å². The van der Waals surface area contributed by atoms with Crippen LogP contribution in [0.2, 0.25) is 0 Å². The quantitative estimate of drug-likeness (QED) is 0.787. The molecule has 1 aromatic heterocycles. The second kappa shape index (κ2) is 5.20. The van der Waals surface area contributed by atoms with E-state index in [1.54, 1.807) is 6.20 Å². The van der Waals surface area contributed by atoms with Crippen LogP contribution in [0, 0.1) is 5.82 Å². The Balaban J connectivity index is 2.28. The monoisotopic (exact) mass is 308 g/mol. The normalized spacial score (nSPS) is 20.3. The first-order valence-corrected chi connectivity index (χ1v) is 7.60. The third-order valence-electron chi connectivity index (χ3n) is 4.69. The second-order valence-electron chi connectivity index (χ2n) is 7.89. The van der Waals surface area contributed by atoms with E-state index in [1.165, 1.54) is 6.07 Å². The molecule has 0 unspecified atom stereocenters. The van der Waals surface area contributed by atoms with Crippen LogP contribution in [0.3, 0.4) is 0 Å². The van der Waals surface area contributed by atoms with Crippen molar-refractivity contribution in [1.82, 2.24) is 4.98 Å². The predicted octanol–water partition coefficient (Wildman–Crippen LogP) is 2.75. The van der Waals surface area contributed by atoms with Gasteiger partial charge in [0.1, 0.15) is 0 Å². The SMILES string of the molecule is CN(c1ncc(B2OC(C)(C)C(C)(C)O2)cc1F)C(C)(C)C. The molecule has 2 heterocycles. The molecule has 22 heavy (non-hydrogen) atoms. The minimum atomic E-state index is -0.596. The van der Waals surface area contributed by atoms with Crippen molar-refractivity contribution in [3.05, 3.63) is 18.1 Å². The van der Waals surface area contributed by atoms with Gasteiger partial charge in [0.15, 0.2) is 11.6 Å². The number of pyridine rings is 1. The van der Waals surface area contributed by atoms with E-state index in [-0.39, 0.29) is 11.4 Å². The first-order valence-electron chi connectivity index (χ1n) is 7.60. The zero-order valence-corrected chi connectivity index (χ0v) is 14.8. The van der Waals surface area contributed by atoms with Crippen molar-refractivity contribution in [2.75, 3.05) is 11.9 Å². The van der Waals surface area contributed by atoms with E-state index in [0.29, 0.717) is 11.3 Å². The summed E-state index contributed by atoms with van der Waals surface area (Å²) in [5.74, 6) is -0.0441. The van der Waals surface area contributed by atoms with Gasteiger partial charge in [0.2, 0.25) is 0 Å². The lowest BCUT2D eigenvalue weighted by atomic mass is 9.80. The molecule has 0 spiro atoms. The Morgan fingerprint density at radius 3 is 2.05 bits per heavy atom. The van der Waals surface area contributed by atoms with E-state index >= 15 is 0 Å². The molecule has 0 amide bonds. The Morgan fingerprint density at radius 2 is 1.64 bits per heavy atom. The highest BCUT2D eigenvalue weighted by molar-refractivity contribution is 6.62. The van der Waals surface area contributed by atoms with E-state index < -0.39 is 18.3 Å². The van der Waals surface area contributed by atoms with Crippen molar-refractivity contribution in [2.24, 2.45) is 0 Å². The van der Waals surface area contributed by atoms with Crippen molar-refractivity contribution in [3.8, 4) is 0 Å². The fourth-order valence-electron chi connectivity index (χ4n) is 2.12. The molecule has 0 radical (unpaired) electrons. The summed E-state index contributed by atoms with van der Waals surface area (Å²) in [4.78, 5) is 6.09. The van der Waals surface area contributed by atoms with Crippen molar-refractivity contribution < 1.29 is 13.7 Å². The summed E-state index contributed by atoms with van der Waals surface area (Å²) in [7, 11) is 1.24. The summed E-state index contributed by atoms with van der Waals surface area (Å²) in [6.45, 7) is 13.9. The van der Waals surface area contributed by atoms with Gasteiger partial charge >= 0.3 is 7.12 Å². The van der Waals surface area contributed by atoms with Crippen LogP contribution < -0.4 is 10.4 Å². The van der Waals surface area contributed by atoms with Gasteiger partial charge in [-0.05, 0) is 54.5 Å². The first-order chi connectivity index (χ1) is 9.85. The van der Waals surface area contributed by atoms with Crippen LogP contribution in [0.25, 0.3) is 0 Å². The van der Waals surface area contributed by atoms with Gasteiger partial charge < -0.3 is 14.2 Å². The van der Waals surface area contributed by atoms with Gasteiger partial charge in [0.25, 0.3) is 0 Å². The van der Waals surface area contributed by atoms with E-state index in [9.17, 15) is 4.39 Å². The first kappa shape index (κ1) is 17.2. The molecule has 0 aromatic carbocycles. The van der Waals surface area contributed by atoms with E-state index in [1.807, 2.05) is 60.4 Å². The molecule has 0 atom stereocenters. The second-order valence-corrected chi connectivity index (χ2v) is 7.89. The van der Waals surface area contributed by atoms with Crippen LogP contribution in [0.1, 0.15) is 48.5 Å². The fourth-order valence-corrected chi connectivity index (χ4v) is 2.12. The molecule has 0 bridgehead atoms. The molecule has 122 valence electrons. The molecule has 1 fully saturated rings. The van der Waals surface area contributed by atoms with Gasteiger partial charge in [-0.3, -0.25) is 0 Å². The molecule has 6 heteroatoms. The molecule has 1 aromatic rings. The Morgan fingerprint density at radius 1 is 1.14 bits per heavy atom. The molecule has 0 saturated carbocycles. The van der Waals surface area contributed by atoms with Crippen LogP contribution in [0.15, 0.2) is 12.3 Å². The molecular formula is C16H26BFN2O2. The molecule has 1 saturated heterocycles. The summed E-state index contributed by atoms with van der Waals surface area (Å²) in [6, 6.07) is 1.45. The molecule has 1 aliphatic rings. The highest BCUT2D eigenvalue weighted by Crippen LogP contribution is 2.36. The zero-order valence-electron chi connectivity index (χ0n) is 14.8. The summed E-state index contributed by atoms with van der Waals surface area (Å²) in [6.07, 6.45) is 1.63. The minimum absolute atomic E-state index is 0.209. The van der Waals surface area contributed by atoms with Gasteiger partial charge in [-0.1, -0.05) is 0 Å². The minimum Gasteiger partial charge on any atom is -0.399 e. The predicted molar refractivity (Wildman–Crippen MR) is 88.1 cm³/mol. The molecule has 1 aliphatic heterocycles. The number of aromatic nitrogens is 1. The Labute approximate surface area is 133 Å². The maximum absolute atomic E-state index is 14.5. The average Bonchev–Trinajstić information content (AvgIpc) is 2.56. The number of hydrogen-bond acceptors (Lipinski definition) is 4. The maximum Gasteiger partial charge on any atom is 0.496 e. The van der Waals surface area contributed by atoms with Crippen molar-refractivity contribution in [3.63, 3.8) is 0 Å². The summed E-state index contributed by atoms with van der Waals surface area (Å²) in [5, 5.41) is 0. The van der Waals surface area contributed by atoms with E-state index in [0.717, 1.165) is 0 Å². The number of nitrogens with zero attached hydrogens (tertiary/aromatic N) is 2. The third-order valence-corrected chi connectivity index (χ3v) is 4.69. The number of hydrogen-bond donors (Lipinski definition) is 0. The van der Waals surface area contributed by atoms with E-state index in [2.05, 4.69) is 4.98 Å². The molecule has 0 aliphatic carbocycles. The largest absolute Gasteiger partial charge is 0.496 e. The number of anilines is 1. The lowest BCUT2D eigenvalue weighted by molar-refractivity contribution is 0.00578. The Bertz CT molecular complexity index is 554. The molecule has 4 nitrogen and oxygen atoms in total. The van der Waals surface area contributed by atoms with Gasteiger partial charge in [-0.15, -0.1) is 0 Å². The molecule has 2 rings (SSSR count). The van der Waals surface area contributed by atoms with Gasteiger partial charge in [0, 0.05) is 24.2 Å². The van der Waals surface area contributed by atoms with Crippen molar-refractivity contribution in [2.45, 2.75) is 65.2 Å². The number of halogens is 1. The van der Waals surface area contributed by atoms with Crippen molar-refractivity contribution in [1.29, 1.82) is 0 Å². The Kier molecular flexibility index (Phi) is 4.07. The van der Waals surface area contributed by atoms with Gasteiger partial charge in [0.05, 0.1) is 11.2 Å². The summed E-state index contributed by atoms with van der Waals surface area (Å²) < 4.78 is 26.3. The third kappa shape index (κ3) is 2.99. The average molecular weight is 308 g/mol. The highest BCUT2D eigenvalue weighted by Gasteiger charge is 2.52. The van der Waals surface area contributed by atoms with E-state index in [4.69, 9.17) is 9.31 Å².